The smallest absolute Gasteiger partial charge is 0.421 e. The van der Waals surface area contributed by atoms with Crippen LogP contribution in [-0.4, -0.2) is 83.6 Å². The number of sulfonamides is 6. The molecular formula is C6F18N3O12S6Y. The first kappa shape index (κ1) is 52.2. The first-order valence-corrected chi connectivity index (χ1v) is 16.4. The fourth-order valence-corrected chi connectivity index (χ4v) is 5.77. The maximum absolute atomic E-state index is 11.4. The molecule has 0 radical (unpaired) electrons. The standard InChI is InChI=1S/3C2F6NO4S2.Y/c3*3-1(4,5)14(10,11)9-15(12,13)2(6,7)8;/q3*-1;+3. The third kappa shape index (κ3) is 15.3. The average molecular weight is 929 g/mol. The molecule has 0 amide bonds. The Morgan fingerprint density at radius 3 is 0.348 bits per heavy atom. The van der Waals surface area contributed by atoms with Crippen LogP contribution in [0.25, 0.3) is 12.4 Å². The minimum Gasteiger partial charge on any atom is -0.421 e. The number of halogens is 18. The summed E-state index contributed by atoms with van der Waals surface area (Å²) < 4.78 is 328. The molecule has 0 unspecified atom stereocenters. The van der Waals surface area contributed by atoms with E-state index in [0.717, 1.165) is 12.4 Å². The molecule has 15 nitrogen and oxygen atoms in total. The molecule has 0 heterocycles. The van der Waals surface area contributed by atoms with Crippen molar-refractivity contribution in [3.63, 3.8) is 0 Å². The van der Waals surface area contributed by atoms with E-state index in [0.29, 0.717) is 0 Å². The molecule has 46 heavy (non-hydrogen) atoms. The van der Waals surface area contributed by atoms with Gasteiger partial charge in [0.05, 0.1) is 0 Å². The van der Waals surface area contributed by atoms with E-state index in [1.807, 2.05) is 0 Å². The Morgan fingerprint density at radius 1 is 0.239 bits per heavy atom. The van der Waals surface area contributed by atoms with Crippen LogP contribution in [0.1, 0.15) is 0 Å². The second-order valence-electron chi connectivity index (χ2n) is 5.75. The molecule has 0 atom stereocenters. The predicted molar refractivity (Wildman–Crippen MR) is 99.9 cm³/mol. The van der Waals surface area contributed by atoms with Crippen LogP contribution in [0, 0.1) is 0 Å². The van der Waals surface area contributed by atoms with Crippen LogP contribution in [0.2, 0.25) is 0 Å². The van der Waals surface area contributed by atoms with Crippen molar-refractivity contribution < 1.29 is 162 Å². The van der Waals surface area contributed by atoms with Crippen molar-refractivity contribution in [3.05, 3.63) is 12.4 Å². The van der Waals surface area contributed by atoms with Gasteiger partial charge in [-0.1, -0.05) is 0 Å². The third-order valence-corrected chi connectivity index (χ3v) is 10.6. The summed E-state index contributed by atoms with van der Waals surface area (Å²) in [7, 11) is -40.3. The van der Waals surface area contributed by atoms with Crippen molar-refractivity contribution in [2.45, 2.75) is 33.0 Å². The van der Waals surface area contributed by atoms with Crippen molar-refractivity contribution in [3.8, 4) is 0 Å². The summed E-state index contributed by atoms with van der Waals surface area (Å²) in [6.45, 7) is 0. The zero-order valence-electron chi connectivity index (χ0n) is 19.1. The van der Waals surface area contributed by atoms with Gasteiger partial charge in [0, 0.05) is 0 Å². The first-order chi connectivity index (χ1) is 18.6. The number of alkyl halides is 18. The zero-order valence-corrected chi connectivity index (χ0v) is 26.8. The van der Waals surface area contributed by atoms with Crippen LogP contribution in [0.15, 0.2) is 0 Å². The van der Waals surface area contributed by atoms with E-state index in [-0.39, 0.29) is 32.7 Å². The largest absolute Gasteiger partial charge is 3.00 e. The maximum atomic E-state index is 11.4. The molecule has 0 aromatic heterocycles. The van der Waals surface area contributed by atoms with E-state index in [4.69, 9.17) is 0 Å². The molecule has 0 spiro atoms. The molecular weight excluding hydrogens is 929 g/mol. The number of hydrogen-bond acceptors (Lipinski definition) is 12. The predicted octanol–water partition coefficient (Wildman–Crippen LogP) is 3.18. The maximum Gasteiger partial charge on any atom is 3.00 e. The van der Waals surface area contributed by atoms with Gasteiger partial charge in [0.15, 0.2) is 60.1 Å². The van der Waals surface area contributed by atoms with Crippen molar-refractivity contribution in [1.82, 2.24) is 0 Å². The zero-order chi connectivity index (χ0) is 38.1. The van der Waals surface area contributed by atoms with Crippen LogP contribution in [-0.2, 0) is 92.8 Å². The minimum atomic E-state index is -6.72. The SMILES string of the molecule is O=S(=O)([N-]S(=O)(=O)C(F)(F)F)C(F)(F)F.O=S(=O)([N-]S(=O)(=O)C(F)(F)F)C(F)(F)F.O=S(=O)([N-]S(=O)(=O)C(F)(F)F)C(F)(F)F.[Y+3]. The Labute approximate surface area is 266 Å². The molecule has 0 N–H and O–H groups in total. The van der Waals surface area contributed by atoms with Crippen LogP contribution >= 0.6 is 0 Å². The van der Waals surface area contributed by atoms with Gasteiger partial charge < -0.3 is 12.4 Å². The molecule has 276 valence electrons. The molecule has 0 aliphatic heterocycles. The molecule has 0 aromatic rings. The monoisotopic (exact) mass is 929 g/mol. The van der Waals surface area contributed by atoms with Gasteiger partial charge in [-0.05, 0) is 0 Å². The summed E-state index contributed by atoms with van der Waals surface area (Å²) in [6, 6.07) is 0. The van der Waals surface area contributed by atoms with Gasteiger partial charge in [0.25, 0.3) is 0 Å². The van der Waals surface area contributed by atoms with Crippen LogP contribution in [0.3, 0.4) is 0 Å². The molecule has 0 saturated heterocycles. The molecule has 0 saturated carbocycles. The van der Waals surface area contributed by atoms with Crippen molar-refractivity contribution in [2.24, 2.45) is 0 Å². The number of rotatable bonds is 6. The molecule has 0 aromatic carbocycles. The summed E-state index contributed by atoms with van der Waals surface area (Å²) in [4.78, 5) is 0. The van der Waals surface area contributed by atoms with Gasteiger partial charge in [-0.15, -0.1) is 0 Å². The van der Waals surface area contributed by atoms with Crippen molar-refractivity contribution in [2.75, 3.05) is 0 Å². The second-order valence-corrected chi connectivity index (χ2v) is 16.0. The van der Waals surface area contributed by atoms with E-state index in [1.54, 1.807) is 0 Å². The summed E-state index contributed by atoms with van der Waals surface area (Å²) in [5.74, 6) is 0. The van der Waals surface area contributed by atoms with E-state index in [2.05, 4.69) is 0 Å². The molecule has 0 aliphatic rings. The van der Waals surface area contributed by atoms with Crippen molar-refractivity contribution in [1.29, 1.82) is 0 Å². The minimum absolute atomic E-state index is 0. The molecule has 40 heteroatoms. The molecule has 0 rings (SSSR count). The van der Waals surface area contributed by atoms with Gasteiger partial charge in [-0.3, -0.25) is 0 Å². The quantitative estimate of drug-likeness (QED) is 0.349. The Balaban J connectivity index is -0.000000285. The van der Waals surface area contributed by atoms with Crippen molar-refractivity contribution >= 4 is 60.1 Å². The Morgan fingerprint density at radius 2 is 0.304 bits per heavy atom. The summed E-state index contributed by atoms with van der Waals surface area (Å²) in [5.41, 5.74) is -37.2. The topological polar surface area (TPSA) is 247 Å². The number of hydrogen-bond donors (Lipinski definition) is 0. The van der Waals surface area contributed by atoms with Gasteiger partial charge >= 0.3 is 65.8 Å². The van der Waals surface area contributed by atoms with Crippen LogP contribution in [0.5, 0.6) is 0 Å². The third-order valence-electron chi connectivity index (χ3n) is 2.34. The van der Waals surface area contributed by atoms with Gasteiger partial charge in [0.1, 0.15) is 0 Å². The number of nitrogens with zero attached hydrogens (tertiary/aromatic N) is 3. The molecule has 0 bridgehead atoms. The molecule has 0 aliphatic carbocycles. The Bertz CT molecular complexity index is 1370. The van der Waals surface area contributed by atoms with Crippen LogP contribution < -0.4 is 0 Å². The van der Waals surface area contributed by atoms with E-state index in [9.17, 15) is 130 Å². The van der Waals surface area contributed by atoms with Crippen LogP contribution in [0.4, 0.5) is 79.0 Å². The molecule has 0 fully saturated rings. The average Bonchev–Trinajstić information content (AvgIpc) is 2.61. The second kappa shape index (κ2) is 15.1. The fraction of sp³-hybridized carbons (Fsp3) is 1.00. The first-order valence-electron chi connectivity index (χ1n) is 7.72. The summed E-state index contributed by atoms with van der Waals surface area (Å²) in [5, 5.41) is 0. The normalized spacial score (nSPS) is 15.0. The Kier molecular flexibility index (Phi) is 17.2. The van der Waals surface area contributed by atoms with Gasteiger partial charge in [-0.25, -0.2) is 50.5 Å². The fourth-order valence-electron chi connectivity index (χ4n) is 0.641. The van der Waals surface area contributed by atoms with E-state index in [1.165, 1.54) is 0 Å². The van der Waals surface area contributed by atoms with Gasteiger partial charge in [-0.2, -0.15) is 79.0 Å². The Hall–Kier alpha value is -0.576. The summed E-state index contributed by atoms with van der Waals surface area (Å²) in [6.07, 6.45) is 0. The van der Waals surface area contributed by atoms with E-state index >= 15 is 0 Å². The van der Waals surface area contributed by atoms with Gasteiger partial charge in [0.2, 0.25) is 0 Å². The van der Waals surface area contributed by atoms with E-state index < -0.39 is 93.2 Å². The summed E-state index contributed by atoms with van der Waals surface area (Å²) >= 11 is 0.